The Balaban J connectivity index is 1.49. The number of thiophene rings is 1. The molecule has 0 radical (unpaired) electrons. The van der Waals surface area contributed by atoms with Crippen molar-refractivity contribution in [2.24, 2.45) is 0 Å². The van der Waals surface area contributed by atoms with Crippen LogP contribution in [0.25, 0.3) is 10.2 Å². The lowest BCUT2D eigenvalue weighted by Gasteiger charge is -2.13. The largest absolute Gasteiger partial charge is 0.454 e. The zero-order valence-corrected chi connectivity index (χ0v) is 17.4. The second-order valence-electron chi connectivity index (χ2n) is 7.10. The lowest BCUT2D eigenvalue weighted by Crippen LogP contribution is -2.41. The van der Waals surface area contributed by atoms with E-state index in [0.717, 1.165) is 15.9 Å². The summed E-state index contributed by atoms with van der Waals surface area (Å²) in [5, 5.41) is 4.39. The first-order chi connectivity index (χ1) is 15.5. The van der Waals surface area contributed by atoms with Gasteiger partial charge >= 0.3 is 5.69 Å². The van der Waals surface area contributed by atoms with Crippen molar-refractivity contribution < 1.29 is 18.7 Å². The van der Waals surface area contributed by atoms with E-state index in [2.05, 4.69) is 5.32 Å². The number of benzene rings is 2. The van der Waals surface area contributed by atoms with E-state index in [1.165, 1.54) is 22.8 Å². The van der Waals surface area contributed by atoms with E-state index in [-0.39, 0.29) is 25.4 Å². The molecule has 162 valence electrons. The van der Waals surface area contributed by atoms with Crippen LogP contribution in [0, 0.1) is 5.82 Å². The Labute approximate surface area is 184 Å². The summed E-state index contributed by atoms with van der Waals surface area (Å²) in [5.74, 6) is 0.116. The normalized spacial score (nSPS) is 12.3. The number of anilines is 1. The minimum absolute atomic E-state index is 0.113. The Hall–Kier alpha value is -3.92. The van der Waals surface area contributed by atoms with E-state index in [1.807, 2.05) is 0 Å². The summed E-state index contributed by atoms with van der Waals surface area (Å²) in [6, 6.07) is 12.5. The van der Waals surface area contributed by atoms with E-state index in [9.17, 15) is 18.8 Å². The Morgan fingerprint density at radius 1 is 1.06 bits per heavy atom. The van der Waals surface area contributed by atoms with Crippen molar-refractivity contribution in [3.63, 3.8) is 0 Å². The Bertz CT molecular complexity index is 1470. The molecule has 0 atom stereocenters. The molecule has 1 aliphatic rings. The van der Waals surface area contributed by atoms with Gasteiger partial charge in [0.05, 0.1) is 12.1 Å². The van der Waals surface area contributed by atoms with Gasteiger partial charge < -0.3 is 14.8 Å². The first kappa shape index (κ1) is 20.0. The maximum Gasteiger partial charge on any atom is 0.332 e. The monoisotopic (exact) mass is 453 g/mol. The van der Waals surface area contributed by atoms with E-state index in [0.29, 0.717) is 27.4 Å². The molecule has 4 aromatic rings. The number of nitrogens with one attached hydrogen (secondary N) is 1. The summed E-state index contributed by atoms with van der Waals surface area (Å²) in [6.45, 7) is -0.443. The molecule has 0 saturated heterocycles. The van der Waals surface area contributed by atoms with Crippen LogP contribution < -0.4 is 26.0 Å². The van der Waals surface area contributed by atoms with Gasteiger partial charge in [0.15, 0.2) is 11.5 Å². The predicted molar refractivity (Wildman–Crippen MR) is 117 cm³/mol. The lowest BCUT2D eigenvalue weighted by atomic mass is 10.2. The fraction of sp³-hybridized carbons (Fsp3) is 0.136. The van der Waals surface area contributed by atoms with Crippen LogP contribution >= 0.6 is 11.3 Å². The number of carbonyl (C=O) groups is 1. The highest BCUT2D eigenvalue weighted by Gasteiger charge is 2.19. The van der Waals surface area contributed by atoms with Crippen LogP contribution in [-0.2, 0) is 17.9 Å². The van der Waals surface area contributed by atoms with Crippen LogP contribution in [0.4, 0.5) is 10.1 Å². The van der Waals surface area contributed by atoms with Crippen LogP contribution in [0.3, 0.4) is 0 Å². The van der Waals surface area contributed by atoms with Crippen molar-refractivity contribution >= 4 is 33.1 Å². The second-order valence-corrected chi connectivity index (χ2v) is 8.02. The third-order valence-electron chi connectivity index (χ3n) is 5.08. The molecule has 1 N–H and O–H groups in total. The summed E-state index contributed by atoms with van der Waals surface area (Å²) in [4.78, 5) is 38.7. The van der Waals surface area contributed by atoms with Crippen molar-refractivity contribution in [1.29, 1.82) is 0 Å². The molecule has 2 aromatic carbocycles. The number of aromatic nitrogens is 2. The van der Waals surface area contributed by atoms with Gasteiger partial charge in [0, 0.05) is 17.3 Å². The van der Waals surface area contributed by atoms with Gasteiger partial charge in [-0.3, -0.25) is 18.7 Å². The van der Waals surface area contributed by atoms with Crippen LogP contribution in [0.1, 0.15) is 5.56 Å². The zero-order valence-electron chi connectivity index (χ0n) is 16.5. The van der Waals surface area contributed by atoms with Crippen molar-refractivity contribution in [3.05, 3.63) is 86.1 Å². The molecule has 0 saturated carbocycles. The van der Waals surface area contributed by atoms with Gasteiger partial charge in [0.2, 0.25) is 12.7 Å². The average Bonchev–Trinajstić information content (AvgIpc) is 3.45. The molecule has 0 unspecified atom stereocenters. The molecule has 1 amide bonds. The average molecular weight is 453 g/mol. The van der Waals surface area contributed by atoms with E-state index < -0.39 is 23.0 Å². The molecule has 8 nitrogen and oxygen atoms in total. The predicted octanol–water partition coefficient (Wildman–Crippen LogP) is 2.78. The molecule has 2 aromatic heterocycles. The molecule has 10 heteroatoms. The van der Waals surface area contributed by atoms with Gasteiger partial charge in [0.1, 0.15) is 17.1 Å². The topological polar surface area (TPSA) is 91.6 Å². The second kappa shape index (κ2) is 7.97. The van der Waals surface area contributed by atoms with Gasteiger partial charge in [-0.15, -0.1) is 11.3 Å². The number of hydrogen-bond donors (Lipinski definition) is 1. The number of halogens is 1. The molecule has 0 aliphatic carbocycles. The minimum Gasteiger partial charge on any atom is -0.454 e. The zero-order chi connectivity index (χ0) is 22.2. The maximum atomic E-state index is 14.1. The first-order valence-electron chi connectivity index (χ1n) is 9.65. The lowest BCUT2D eigenvalue weighted by molar-refractivity contribution is -0.116. The van der Waals surface area contributed by atoms with E-state index in [4.69, 9.17) is 9.47 Å². The number of ether oxygens (including phenoxy) is 2. The van der Waals surface area contributed by atoms with Gasteiger partial charge in [-0.05, 0) is 29.6 Å². The molecule has 5 rings (SSSR count). The van der Waals surface area contributed by atoms with E-state index in [1.54, 1.807) is 35.7 Å². The summed E-state index contributed by atoms with van der Waals surface area (Å²) < 4.78 is 27.2. The van der Waals surface area contributed by atoms with Crippen LogP contribution in [-0.4, -0.2) is 21.8 Å². The van der Waals surface area contributed by atoms with E-state index >= 15 is 0 Å². The summed E-state index contributed by atoms with van der Waals surface area (Å²) >= 11 is 1.16. The number of hydrogen-bond acceptors (Lipinski definition) is 6. The highest BCUT2D eigenvalue weighted by Crippen LogP contribution is 2.34. The number of rotatable bonds is 5. The Morgan fingerprint density at radius 2 is 1.88 bits per heavy atom. The highest BCUT2D eigenvalue weighted by atomic mass is 32.1. The number of nitrogens with zero attached hydrogens (tertiary/aromatic N) is 2. The summed E-state index contributed by atoms with van der Waals surface area (Å²) in [5.41, 5.74) is -0.163. The molecule has 0 spiro atoms. The molecule has 32 heavy (non-hydrogen) atoms. The quantitative estimate of drug-likeness (QED) is 0.502. The fourth-order valence-electron chi connectivity index (χ4n) is 3.54. The number of carbonyl (C=O) groups excluding carboxylic acids is 1. The minimum atomic E-state index is -0.690. The van der Waals surface area contributed by atoms with Crippen LogP contribution in [0.2, 0.25) is 0 Å². The SMILES string of the molecule is O=C(Cn1c(=O)n(Cc2ccccc2F)c(=O)c2sccc21)Nc1ccc2c(c1)OCO2. The summed E-state index contributed by atoms with van der Waals surface area (Å²) in [6.07, 6.45) is 0. The maximum absolute atomic E-state index is 14.1. The first-order valence-corrected chi connectivity index (χ1v) is 10.5. The molecule has 0 bridgehead atoms. The van der Waals surface area contributed by atoms with Crippen LogP contribution in [0.15, 0.2) is 63.5 Å². The highest BCUT2D eigenvalue weighted by molar-refractivity contribution is 7.17. The Morgan fingerprint density at radius 3 is 2.72 bits per heavy atom. The van der Waals surface area contributed by atoms with Crippen molar-refractivity contribution in [3.8, 4) is 11.5 Å². The smallest absolute Gasteiger partial charge is 0.332 e. The standard InChI is InChI=1S/C22H16FN3O5S/c23-15-4-2-1-3-13(15)10-26-21(28)20-16(7-8-32-20)25(22(26)29)11-19(27)24-14-5-6-17-18(9-14)31-12-30-17/h1-9H,10-12H2,(H,24,27). The van der Waals surface area contributed by atoms with Gasteiger partial charge in [-0.25, -0.2) is 9.18 Å². The van der Waals surface area contributed by atoms with Gasteiger partial charge in [-0.1, -0.05) is 18.2 Å². The molecular formula is C22H16FN3O5S. The van der Waals surface area contributed by atoms with Crippen molar-refractivity contribution in [2.45, 2.75) is 13.1 Å². The molecule has 0 fully saturated rings. The van der Waals surface area contributed by atoms with Crippen molar-refractivity contribution in [2.75, 3.05) is 12.1 Å². The third-order valence-corrected chi connectivity index (χ3v) is 5.97. The summed E-state index contributed by atoms with van der Waals surface area (Å²) in [7, 11) is 0. The van der Waals surface area contributed by atoms with Crippen molar-refractivity contribution in [1.82, 2.24) is 9.13 Å². The third kappa shape index (κ3) is 3.54. The van der Waals surface area contributed by atoms with Crippen LogP contribution in [0.5, 0.6) is 11.5 Å². The molecule has 3 heterocycles. The fourth-order valence-corrected chi connectivity index (χ4v) is 4.38. The van der Waals surface area contributed by atoms with Gasteiger partial charge in [-0.2, -0.15) is 0 Å². The number of amides is 1. The van der Waals surface area contributed by atoms with Gasteiger partial charge in [0.25, 0.3) is 5.56 Å². The Kier molecular flexibility index (Phi) is 4.98. The number of fused-ring (bicyclic) bond motifs is 2. The molecule has 1 aliphatic heterocycles. The molecular weight excluding hydrogens is 437 g/mol.